The van der Waals surface area contributed by atoms with Gasteiger partial charge in [0.1, 0.15) is 0 Å². The first-order chi connectivity index (χ1) is 9.59. The van der Waals surface area contributed by atoms with Crippen molar-refractivity contribution >= 4 is 10.9 Å². The Morgan fingerprint density at radius 1 is 1.15 bits per heavy atom. The number of rotatable bonds is 5. The molecule has 1 aromatic heterocycles. The van der Waals surface area contributed by atoms with Crippen LogP contribution in [0.25, 0.3) is 10.9 Å². The first-order valence-corrected chi connectivity index (χ1v) is 6.98. The summed E-state index contributed by atoms with van der Waals surface area (Å²) in [6.07, 6.45) is 4.70. The molecule has 1 aliphatic carbocycles. The van der Waals surface area contributed by atoms with Crippen LogP contribution in [0.3, 0.4) is 0 Å². The SMILES string of the molecule is COc1cc2ccn(CC3(N(C)C)CC3)c2cc1OC. The Morgan fingerprint density at radius 2 is 1.80 bits per heavy atom. The predicted molar refractivity (Wildman–Crippen MR) is 80.7 cm³/mol. The summed E-state index contributed by atoms with van der Waals surface area (Å²) < 4.78 is 13.1. The minimum absolute atomic E-state index is 0.332. The fraction of sp³-hybridized carbons (Fsp3) is 0.500. The molecule has 108 valence electrons. The summed E-state index contributed by atoms with van der Waals surface area (Å²) in [5.41, 5.74) is 1.54. The van der Waals surface area contributed by atoms with Crippen LogP contribution in [-0.2, 0) is 6.54 Å². The van der Waals surface area contributed by atoms with Crippen molar-refractivity contribution in [1.29, 1.82) is 0 Å². The van der Waals surface area contributed by atoms with Crippen molar-refractivity contribution < 1.29 is 9.47 Å². The van der Waals surface area contributed by atoms with Gasteiger partial charge in [0.15, 0.2) is 11.5 Å². The number of benzene rings is 1. The zero-order valence-corrected chi connectivity index (χ0v) is 12.6. The molecular formula is C16H22N2O2. The number of hydrogen-bond acceptors (Lipinski definition) is 3. The molecule has 0 atom stereocenters. The van der Waals surface area contributed by atoms with Crippen molar-refractivity contribution in [2.24, 2.45) is 0 Å². The molecule has 0 amide bonds. The van der Waals surface area contributed by atoms with Crippen molar-refractivity contribution in [3.63, 3.8) is 0 Å². The number of ether oxygens (including phenoxy) is 2. The molecule has 0 saturated heterocycles. The van der Waals surface area contributed by atoms with Crippen LogP contribution in [0.1, 0.15) is 12.8 Å². The van der Waals surface area contributed by atoms with Crippen molar-refractivity contribution in [2.45, 2.75) is 24.9 Å². The van der Waals surface area contributed by atoms with Crippen molar-refractivity contribution in [1.82, 2.24) is 9.47 Å². The van der Waals surface area contributed by atoms with Crippen molar-refractivity contribution in [3.05, 3.63) is 24.4 Å². The third-order valence-electron chi connectivity index (χ3n) is 4.52. The maximum absolute atomic E-state index is 5.41. The summed E-state index contributed by atoms with van der Waals surface area (Å²) in [5, 5.41) is 1.19. The average molecular weight is 274 g/mol. The fourth-order valence-electron chi connectivity index (χ4n) is 2.86. The minimum atomic E-state index is 0.332. The molecule has 2 aromatic rings. The topological polar surface area (TPSA) is 26.6 Å². The van der Waals surface area contributed by atoms with E-state index >= 15 is 0 Å². The van der Waals surface area contributed by atoms with Crippen LogP contribution in [-0.4, -0.2) is 43.3 Å². The molecule has 1 heterocycles. The van der Waals surface area contributed by atoms with Gasteiger partial charge in [-0.25, -0.2) is 0 Å². The normalized spacial score (nSPS) is 16.6. The standard InChI is InChI=1S/C16H22N2O2/c1-17(2)16(6-7-16)11-18-8-5-12-9-14(19-3)15(20-4)10-13(12)18/h5,8-10H,6-7,11H2,1-4H3. The van der Waals surface area contributed by atoms with E-state index in [9.17, 15) is 0 Å². The van der Waals surface area contributed by atoms with Gasteiger partial charge in [-0.3, -0.25) is 0 Å². The maximum atomic E-state index is 5.41. The van der Waals surface area contributed by atoms with E-state index in [0.29, 0.717) is 5.54 Å². The number of fused-ring (bicyclic) bond motifs is 1. The lowest BCUT2D eigenvalue weighted by Crippen LogP contribution is -2.34. The smallest absolute Gasteiger partial charge is 0.162 e. The van der Waals surface area contributed by atoms with Gasteiger partial charge in [0.2, 0.25) is 0 Å². The highest BCUT2D eigenvalue weighted by Gasteiger charge is 2.45. The Balaban J connectivity index is 2.00. The second kappa shape index (κ2) is 4.70. The number of nitrogens with zero attached hydrogens (tertiary/aromatic N) is 2. The van der Waals surface area contributed by atoms with E-state index in [1.54, 1.807) is 14.2 Å². The highest BCUT2D eigenvalue weighted by molar-refractivity contribution is 5.84. The number of hydrogen-bond donors (Lipinski definition) is 0. The molecule has 4 nitrogen and oxygen atoms in total. The Morgan fingerprint density at radius 3 is 2.35 bits per heavy atom. The summed E-state index contributed by atoms with van der Waals surface area (Å²) in [6, 6.07) is 6.25. The van der Waals surface area contributed by atoms with Crippen LogP contribution in [0.4, 0.5) is 0 Å². The Kier molecular flexibility index (Phi) is 3.13. The van der Waals surface area contributed by atoms with E-state index in [4.69, 9.17) is 9.47 Å². The summed E-state index contributed by atoms with van der Waals surface area (Å²) in [6.45, 7) is 1.03. The van der Waals surface area contributed by atoms with E-state index in [-0.39, 0.29) is 0 Å². The summed E-state index contributed by atoms with van der Waals surface area (Å²) in [5.74, 6) is 1.57. The molecule has 3 rings (SSSR count). The highest BCUT2D eigenvalue weighted by atomic mass is 16.5. The van der Waals surface area contributed by atoms with Crippen LogP contribution in [0.15, 0.2) is 24.4 Å². The molecule has 20 heavy (non-hydrogen) atoms. The molecule has 4 heteroatoms. The van der Waals surface area contributed by atoms with E-state index < -0.39 is 0 Å². The van der Waals surface area contributed by atoms with Gasteiger partial charge in [0.25, 0.3) is 0 Å². The average Bonchev–Trinajstić information content (AvgIpc) is 3.14. The van der Waals surface area contributed by atoms with Crippen molar-refractivity contribution in [2.75, 3.05) is 28.3 Å². The Bertz CT molecular complexity index is 627. The monoisotopic (exact) mass is 274 g/mol. The second-order valence-electron chi connectivity index (χ2n) is 5.83. The zero-order valence-electron chi connectivity index (χ0n) is 12.6. The molecule has 1 saturated carbocycles. The van der Waals surface area contributed by atoms with E-state index in [1.807, 2.05) is 6.07 Å². The summed E-state index contributed by atoms with van der Waals surface area (Å²) >= 11 is 0. The Hall–Kier alpha value is -1.68. The summed E-state index contributed by atoms with van der Waals surface area (Å²) in [7, 11) is 7.69. The largest absolute Gasteiger partial charge is 0.493 e. The number of methoxy groups -OCH3 is 2. The van der Waals surface area contributed by atoms with E-state index in [0.717, 1.165) is 18.0 Å². The predicted octanol–water partition coefficient (Wildman–Crippen LogP) is 2.75. The van der Waals surface area contributed by atoms with Crippen LogP contribution in [0, 0.1) is 0 Å². The quantitative estimate of drug-likeness (QED) is 0.838. The van der Waals surface area contributed by atoms with E-state index in [1.165, 1.54) is 23.7 Å². The molecule has 1 fully saturated rings. The van der Waals surface area contributed by atoms with Crippen LogP contribution in [0.2, 0.25) is 0 Å². The lowest BCUT2D eigenvalue weighted by atomic mass is 10.2. The third kappa shape index (κ3) is 2.04. The van der Waals surface area contributed by atoms with E-state index in [2.05, 4.69) is 41.9 Å². The first kappa shape index (κ1) is 13.3. The number of aromatic nitrogens is 1. The molecule has 1 aliphatic rings. The molecule has 0 bridgehead atoms. The van der Waals surface area contributed by atoms with Gasteiger partial charge in [-0.1, -0.05) is 0 Å². The number of likely N-dealkylation sites (N-methyl/N-ethyl adjacent to an activating group) is 1. The van der Waals surface area contributed by atoms with Crippen LogP contribution < -0.4 is 9.47 Å². The van der Waals surface area contributed by atoms with Crippen LogP contribution >= 0.6 is 0 Å². The van der Waals surface area contributed by atoms with Crippen LogP contribution in [0.5, 0.6) is 11.5 Å². The molecule has 0 radical (unpaired) electrons. The first-order valence-electron chi connectivity index (χ1n) is 6.98. The Labute approximate surface area is 119 Å². The van der Waals surface area contributed by atoms with Gasteiger partial charge in [0, 0.05) is 29.7 Å². The molecular weight excluding hydrogens is 252 g/mol. The zero-order chi connectivity index (χ0) is 14.3. The van der Waals surface area contributed by atoms with Gasteiger partial charge >= 0.3 is 0 Å². The lowest BCUT2D eigenvalue weighted by Gasteiger charge is -2.24. The molecule has 1 aromatic carbocycles. The van der Waals surface area contributed by atoms with Crippen molar-refractivity contribution in [3.8, 4) is 11.5 Å². The van der Waals surface area contributed by atoms with Gasteiger partial charge in [-0.05, 0) is 39.1 Å². The molecule has 0 unspecified atom stereocenters. The van der Waals surface area contributed by atoms with Gasteiger partial charge < -0.3 is 18.9 Å². The highest BCUT2D eigenvalue weighted by Crippen LogP contribution is 2.42. The van der Waals surface area contributed by atoms with Gasteiger partial charge in [-0.2, -0.15) is 0 Å². The van der Waals surface area contributed by atoms with Gasteiger partial charge in [-0.15, -0.1) is 0 Å². The maximum Gasteiger partial charge on any atom is 0.162 e. The van der Waals surface area contributed by atoms with Gasteiger partial charge in [0.05, 0.1) is 19.7 Å². The minimum Gasteiger partial charge on any atom is -0.493 e. The fourth-order valence-corrected chi connectivity index (χ4v) is 2.86. The second-order valence-corrected chi connectivity index (χ2v) is 5.83. The molecule has 0 aliphatic heterocycles. The molecule has 0 N–H and O–H groups in total. The molecule has 0 spiro atoms. The summed E-state index contributed by atoms with van der Waals surface area (Å²) in [4.78, 5) is 2.35. The third-order valence-corrected chi connectivity index (χ3v) is 4.52. The lowest BCUT2D eigenvalue weighted by molar-refractivity contribution is 0.244.